The van der Waals surface area contributed by atoms with Gasteiger partial charge in [-0.1, -0.05) is 63.2 Å². The molecule has 9 N–H and O–H groups in total. The molecule has 6 aromatic rings. The van der Waals surface area contributed by atoms with Crippen LogP contribution < -0.4 is 36.5 Å². The minimum absolute atomic E-state index is 0.00774. The van der Waals surface area contributed by atoms with E-state index in [-0.39, 0.29) is 84.5 Å². The summed E-state index contributed by atoms with van der Waals surface area (Å²) < 4.78 is 47.4. The number of benzene rings is 3. The molecule has 0 aliphatic carbocycles. The number of amides is 5. The number of β-amino-alcohol motifs (C(OH)–C–C–N with tert-alkyl or cyclic N) is 1. The first-order valence-corrected chi connectivity index (χ1v) is 26.6. The summed E-state index contributed by atoms with van der Waals surface area (Å²) in [5.74, 6) is -3.01. The van der Waals surface area contributed by atoms with E-state index in [0.29, 0.717) is 11.1 Å². The highest BCUT2D eigenvalue weighted by atomic mass is 32.2. The van der Waals surface area contributed by atoms with Gasteiger partial charge in [-0.2, -0.15) is 5.10 Å². The zero-order valence-electron chi connectivity index (χ0n) is 42.2. The fourth-order valence-electron chi connectivity index (χ4n) is 8.26. The maximum atomic E-state index is 14.1. The van der Waals surface area contributed by atoms with Crippen molar-refractivity contribution >= 4 is 68.2 Å². The number of halogens is 1. The molecule has 4 atom stereocenters. The summed E-state index contributed by atoms with van der Waals surface area (Å²) in [6.45, 7) is 10.8. The Morgan fingerprint density at radius 3 is 2.35 bits per heavy atom. The highest BCUT2D eigenvalue weighted by Crippen LogP contribution is 2.37. The second-order valence-corrected chi connectivity index (χ2v) is 21.9. The van der Waals surface area contributed by atoms with Gasteiger partial charge in [-0.05, 0) is 85.7 Å². The van der Waals surface area contributed by atoms with Gasteiger partial charge in [-0.15, -0.1) is 11.3 Å². The standard InChI is InChI=1S/C52H60FN11O9S2/c1-7-75(71,72)63-38-20-16-34(23-40(38)73-30(3)32-14-18-36(53)19-15-32)44-43(47(54)67)48(62-61-44)59-41-21-17-35(26-56-41)49(68)55-22-8-9-42(66)60-46(52(4,5)6)51(70)64-27-37(65)24-39(64)50(69)57-25-31-10-12-33(13-11-31)45-29(2)58-28-74-45/h10-21,23,26,28,30,37,39,46,63,65H,7-9,22,24-25,27H2,1-6H3,(H2,54,67)(H,55,68)(H,57,69)(H,60,66)(H2,56,59,61,62)/t30-,37+,39-,46+/m0/s1. The van der Waals surface area contributed by atoms with Crippen molar-refractivity contribution in [3.63, 3.8) is 0 Å². The highest BCUT2D eigenvalue weighted by Gasteiger charge is 2.44. The zero-order valence-corrected chi connectivity index (χ0v) is 43.8. The number of carbonyl (C=O) groups excluding carboxylic acids is 5. The molecule has 1 saturated heterocycles. The van der Waals surface area contributed by atoms with Crippen molar-refractivity contribution in [2.24, 2.45) is 11.1 Å². The quantitative estimate of drug-likeness (QED) is 0.0378. The van der Waals surface area contributed by atoms with Crippen LogP contribution in [0.2, 0.25) is 0 Å². The average Bonchev–Trinajstić information content (AvgIpc) is 4.12. The van der Waals surface area contributed by atoms with Crippen LogP contribution in [0, 0.1) is 18.2 Å². The largest absolute Gasteiger partial charge is 0.484 e. The predicted molar refractivity (Wildman–Crippen MR) is 282 cm³/mol. The van der Waals surface area contributed by atoms with Gasteiger partial charge in [0.15, 0.2) is 5.82 Å². The molecular weight excluding hydrogens is 1010 g/mol. The number of rotatable bonds is 21. The number of aromatic amines is 1. The van der Waals surface area contributed by atoms with Gasteiger partial charge in [0.05, 0.1) is 44.9 Å². The van der Waals surface area contributed by atoms with Gasteiger partial charge in [0.1, 0.15) is 41.1 Å². The lowest BCUT2D eigenvalue weighted by Crippen LogP contribution is -2.57. The zero-order chi connectivity index (χ0) is 54.2. The van der Waals surface area contributed by atoms with E-state index in [9.17, 15) is 41.9 Å². The molecule has 0 saturated carbocycles. The van der Waals surface area contributed by atoms with Crippen LogP contribution in [0.25, 0.3) is 21.7 Å². The molecule has 0 bridgehead atoms. The van der Waals surface area contributed by atoms with Crippen LogP contribution in [0.5, 0.6) is 5.75 Å². The summed E-state index contributed by atoms with van der Waals surface area (Å²) in [4.78, 5) is 77.9. The van der Waals surface area contributed by atoms with Crippen molar-refractivity contribution < 1.29 is 46.6 Å². The number of aliphatic hydroxyl groups is 1. The first-order valence-electron chi connectivity index (χ1n) is 24.1. The van der Waals surface area contributed by atoms with Crippen molar-refractivity contribution in [1.82, 2.24) is 41.0 Å². The summed E-state index contributed by atoms with van der Waals surface area (Å²) in [5, 5.41) is 29.1. The number of H-pyrrole nitrogens is 1. The summed E-state index contributed by atoms with van der Waals surface area (Å²) in [6.07, 6.45) is -0.0293. The summed E-state index contributed by atoms with van der Waals surface area (Å²) in [6, 6.07) is 18.9. The Morgan fingerprint density at radius 1 is 0.987 bits per heavy atom. The van der Waals surface area contributed by atoms with Crippen molar-refractivity contribution in [2.75, 3.05) is 28.9 Å². The molecule has 7 rings (SSSR count). The number of aliphatic hydroxyl groups excluding tert-OH is 1. The maximum Gasteiger partial charge on any atom is 0.254 e. The lowest BCUT2D eigenvalue weighted by atomic mass is 9.85. The normalized spacial score (nSPS) is 15.4. The molecule has 20 nitrogen and oxygen atoms in total. The number of aromatic nitrogens is 4. The topological polar surface area (TPSA) is 293 Å². The molecule has 3 aromatic heterocycles. The van der Waals surface area contributed by atoms with Crippen LogP contribution >= 0.6 is 11.3 Å². The highest BCUT2D eigenvalue weighted by molar-refractivity contribution is 7.92. The minimum Gasteiger partial charge on any atom is -0.484 e. The van der Waals surface area contributed by atoms with Crippen molar-refractivity contribution in [1.29, 1.82) is 0 Å². The number of carbonyl (C=O) groups is 5. The van der Waals surface area contributed by atoms with E-state index in [4.69, 9.17) is 10.5 Å². The summed E-state index contributed by atoms with van der Waals surface area (Å²) in [5.41, 5.74) is 11.1. The Labute approximate surface area is 437 Å². The Hall–Kier alpha value is -7.76. The number of hydrogen-bond acceptors (Lipinski definition) is 14. The molecule has 396 valence electrons. The van der Waals surface area contributed by atoms with Crippen LogP contribution in [0.1, 0.15) is 97.5 Å². The van der Waals surface area contributed by atoms with Crippen molar-refractivity contribution in [3.8, 4) is 27.4 Å². The van der Waals surface area contributed by atoms with Crippen LogP contribution in [0.3, 0.4) is 0 Å². The third kappa shape index (κ3) is 13.9. The van der Waals surface area contributed by atoms with Crippen LogP contribution in [0.15, 0.2) is 90.6 Å². The van der Waals surface area contributed by atoms with Gasteiger partial charge < -0.3 is 41.7 Å². The number of anilines is 3. The number of sulfonamides is 1. The van der Waals surface area contributed by atoms with Crippen molar-refractivity contribution in [3.05, 3.63) is 124 Å². The molecule has 0 spiro atoms. The van der Waals surface area contributed by atoms with Gasteiger partial charge in [-0.25, -0.2) is 22.8 Å². The first kappa shape index (κ1) is 55.0. The maximum absolute atomic E-state index is 14.1. The summed E-state index contributed by atoms with van der Waals surface area (Å²) in [7, 11) is -3.73. The first-order chi connectivity index (χ1) is 35.6. The number of thiazole rings is 1. The Morgan fingerprint density at radius 2 is 1.71 bits per heavy atom. The number of primary amides is 1. The molecule has 4 heterocycles. The smallest absolute Gasteiger partial charge is 0.254 e. The third-order valence-corrected chi connectivity index (χ3v) is 14.7. The summed E-state index contributed by atoms with van der Waals surface area (Å²) >= 11 is 1.55. The van der Waals surface area contributed by atoms with Crippen molar-refractivity contribution in [2.45, 2.75) is 91.6 Å². The Balaban J connectivity index is 0.919. The molecule has 0 unspecified atom stereocenters. The van der Waals surface area contributed by atoms with Gasteiger partial charge >= 0.3 is 0 Å². The third-order valence-electron chi connectivity index (χ3n) is 12.4. The molecule has 1 fully saturated rings. The van der Waals surface area contributed by atoms with Gasteiger partial charge in [0, 0.05) is 44.2 Å². The van der Waals surface area contributed by atoms with E-state index in [1.165, 1.54) is 54.4 Å². The number of pyridine rings is 1. The SMILES string of the molecule is CCS(=O)(=O)Nc1ccc(-c2[nH]nc(Nc3ccc(C(=O)NCCCC(=O)N[C@H](C(=O)N4C[C@H](O)C[C@H]4C(=O)NCc4ccc(-c5scnc5C)cc4)C(C)(C)C)cn3)c2C(N)=O)cc1O[C@@H](C)c1ccc(F)cc1. The molecule has 0 radical (unpaired) electrons. The molecule has 23 heteroatoms. The molecule has 1 aliphatic heterocycles. The van der Waals surface area contributed by atoms with Gasteiger partial charge in [-0.3, -0.25) is 33.8 Å². The lowest BCUT2D eigenvalue weighted by Gasteiger charge is -2.35. The molecule has 5 amide bonds. The number of nitrogens with zero attached hydrogens (tertiary/aromatic N) is 4. The number of nitrogens with two attached hydrogens (primary N) is 1. The van der Waals surface area contributed by atoms with E-state index >= 15 is 0 Å². The number of aryl methyl sites for hydroxylation is 1. The van der Waals surface area contributed by atoms with Gasteiger partial charge in [0.25, 0.3) is 11.8 Å². The van der Waals surface area contributed by atoms with E-state index in [0.717, 1.165) is 21.7 Å². The lowest BCUT2D eigenvalue weighted by molar-refractivity contribution is -0.144. The molecular formula is C52H60FN11O9S2. The molecule has 1 aliphatic rings. The van der Waals surface area contributed by atoms with Crippen LogP contribution in [-0.2, 0) is 31.0 Å². The number of ether oxygens (including phenoxy) is 1. The Kier molecular flexibility index (Phi) is 17.3. The predicted octanol–water partition coefficient (Wildman–Crippen LogP) is 6.11. The number of hydrogen-bond donors (Lipinski definition) is 8. The van der Waals surface area contributed by atoms with Crippen LogP contribution in [0.4, 0.5) is 21.7 Å². The van der Waals surface area contributed by atoms with E-state index < -0.39 is 75.1 Å². The van der Waals surface area contributed by atoms with E-state index in [1.807, 2.05) is 31.2 Å². The second kappa shape index (κ2) is 23.6. The van der Waals surface area contributed by atoms with Gasteiger partial charge in [0.2, 0.25) is 27.7 Å². The molecule has 75 heavy (non-hydrogen) atoms. The van der Waals surface area contributed by atoms with Crippen LogP contribution in [-0.4, -0.2) is 105 Å². The fourth-order valence-corrected chi connectivity index (χ4v) is 9.72. The number of likely N-dealkylation sites (tertiary alicyclic amines) is 1. The minimum atomic E-state index is -3.73. The molecule has 3 aromatic carbocycles. The second-order valence-electron chi connectivity index (χ2n) is 19.1. The number of nitrogens with one attached hydrogen (secondary N) is 6. The fraction of sp³-hybridized carbons (Fsp3) is 0.346. The van der Waals surface area contributed by atoms with E-state index in [2.05, 4.69) is 46.2 Å². The monoisotopic (exact) mass is 1070 g/mol. The van der Waals surface area contributed by atoms with E-state index in [1.54, 1.807) is 62.7 Å². The average molecular weight is 1070 g/mol. The Bertz CT molecular complexity index is 3140.